The SMILES string of the molecule is Cc1ccc(-c2nc(CSc3nc(N)c(C#N)c(-c4ccc(OCCO)cc4)c3C#N)cs2)cc1. The molecular formula is C26H21N5O2S2. The number of ether oxygens (including phenoxy) is 1. The summed E-state index contributed by atoms with van der Waals surface area (Å²) in [6, 6.07) is 19.5. The number of aryl methyl sites for hydroxylation is 1. The zero-order chi connectivity index (χ0) is 24.8. The molecule has 35 heavy (non-hydrogen) atoms. The van der Waals surface area contributed by atoms with Gasteiger partial charge in [-0.25, -0.2) is 9.97 Å². The third-order valence-electron chi connectivity index (χ3n) is 5.13. The molecule has 0 saturated carbocycles. The number of rotatable bonds is 8. The maximum absolute atomic E-state index is 9.99. The first-order chi connectivity index (χ1) is 17.0. The van der Waals surface area contributed by atoms with E-state index in [2.05, 4.69) is 29.3 Å². The number of pyridine rings is 1. The number of nitrogens with zero attached hydrogens (tertiary/aromatic N) is 4. The van der Waals surface area contributed by atoms with Crippen LogP contribution in [-0.4, -0.2) is 28.3 Å². The molecule has 2 aromatic heterocycles. The number of thioether (sulfide) groups is 1. The summed E-state index contributed by atoms with van der Waals surface area (Å²) in [5.74, 6) is 1.15. The zero-order valence-corrected chi connectivity index (χ0v) is 20.5. The fourth-order valence-electron chi connectivity index (χ4n) is 3.42. The van der Waals surface area contributed by atoms with Crippen LogP contribution in [-0.2, 0) is 5.75 Å². The molecule has 0 amide bonds. The Morgan fingerprint density at radius 1 is 1.00 bits per heavy atom. The highest BCUT2D eigenvalue weighted by Gasteiger charge is 2.21. The highest BCUT2D eigenvalue weighted by atomic mass is 32.2. The molecule has 2 heterocycles. The fraction of sp³-hybridized carbons (Fsp3) is 0.154. The molecule has 2 aromatic carbocycles. The van der Waals surface area contributed by atoms with Crippen molar-refractivity contribution in [1.82, 2.24) is 9.97 Å². The van der Waals surface area contributed by atoms with Crippen molar-refractivity contribution in [2.45, 2.75) is 17.7 Å². The minimum Gasteiger partial charge on any atom is -0.491 e. The molecule has 4 aromatic rings. The van der Waals surface area contributed by atoms with Crippen molar-refractivity contribution >= 4 is 28.9 Å². The van der Waals surface area contributed by atoms with Gasteiger partial charge in [0.2, 0.25) is 0 Å². The van der Waals surface area contributed by atoms with Gasteiger partial charge in [0.25, 0.3) is 0 Å². The van der Waals surface area contributed by atoms with Crippen LogP contribution >= 0.6 is 23.1 Å². The number of benzene rings is 2. The fourth-order valence-corrected chi connectivity index (χ4v) is 5.24. The van der Waals surface area contributed by atoms with Crippen molar-refractivity contribution in [2.24, 2.45) is 0 Å². The molecule has 0 spiro atoms. The van der Waals surface area contributed by atoms with Gasteiger partial charge < -0.3 is 15.6 Å². The lowest BCUT2D eigenvalue weighted by molar-refractivity contribution is 0.201. The van der Waals surface area contributed by atoms with Crippen molar-refractivity contribution < 1.29 is 9.84 Å². The topological polar surface area (TPSA) is 129 Å². The lowest BCUT2D eigenvalue weighted by Crippen LogP contribution is -2.04. The Kier molecular flexibility index (Phi) is 7.64. The van der Waals surface area contributed by atoms with Crippen LogP contribution in [0, 0.1) is 29.6 Å². The van der Waals surface area contributed by atoms with Crippen LogP contribution in [0.5, 0.6) is 5.75 Å². The first-order valence-corrected chi connectivity index (χ1v) is 12.5. The van der Waals surface area contributed by atoms with Crippen molar-refractivity contribution in [3.05, 3.63) is 76.3 Å². The molecule has 0 fully saturated rings. The number of anilines is 1. The van der Waals surface area contributed by atoms with Crippen molar-refractivity contribution in [3.8, 4) is 39.6 Å². The summed E-state index contributed by atoms with van der Waals surface area (Å²) in [5, 5.41) is 32.0. The van der Waals surface area contributed by atoms with E-state index in [9.17, 15) is 10.5 Å². The van der Waals surface area contributed by atoms with Gasteiger partial charge in [0.05, 0.1) is 17.9 Å². The summed E-state index contributed by atoms with van der Waals surface area (Å²) in [4.78, 5) is 9.09. The Hall–Kier alpha value is -3.89. The van der Waals surface area contributed by atoms with Gasteiger partial charge in [0.1, 0.15) is 45.9 Å². The smallest absolute Gasteiger partial charge is 0.143 e. The minimum absolute atomic E-state index is 0.0724. The summed E-state index contributed by atoms with van der Waals surface area (Å²) in [5.41, 5.74) is 10.8. The maximum atomic E-state index is 9.99. The van der Waals surface area contributed by atoms with Gasteiger partial charge >= 0.3 is 0 Å². The van der Waals surface area contributed by atoms with Gasteiger partial charge in [-0.15, -0.1) is 11.3 Å². The summed E-state index contributed by atoms with van der Waals surface area (Å²) in [6.45, 7) is 2.13. The molecule has 0 saturated heterocycles. The predicted octanol–water partition coefficient (Wildman–Crippen LogP) is 5.17. The molecular weight excluding hydrogens is 478 g/mol. The number of aliphatic hydroxyl groups is 1. The molecule has 7 nitrogen and oxygen atoms in total. The van der Waals surface area contributed by atoms with E-state index in [0.29, 0.717) is 33.2 Å². The van der Waals surface area contributed by atoms with E-state index in [1.807, 2.05) is 24.4 Å². The Labute approximate surface area is 211 Å². The van der Waals surface area contributed by atoms with E-state index in [1.165, 1.54) is 17.3 Å². The molecule has 0 aliphatic heterocycles. The van der Waals surface area contributed by atoms with E-state index in [4.69, 9.17) is 20.6 Å². The minimum atomic E-state index is -0.0914. The van der Waals surface area contributed by atoms with Crippen LogP contribution in [0.1, 0.15) is 22.4 Å². The largest absolute Gasteiger partial charge is 0.491 e. The van der Waals surface area contributed by atoms with Crippen molar-refractivity contribution in [3.63, 3.8) is 0 Å². The molecule has 0 aliphatic rings. The second kappa shape index (κ2) is 11.0. The monoisotopic (exact) mass is 499 g/mol. The Bertz CT molecular complexity index is 1420. The van der Waals surface area contributed by atoms with E-state index in [-0.39, 0.29) is 24.6 Å². The van der Waals surface area contributed by atoms with E-state index in [0.717, 1.165) is 16.3 Å². The normalized spacial score (nSPS) is 10.5. The molecule has 9 heteroatoms. The van der Waals surface area contributed by atoms with Gasteiger partial charge in [0.15, 0.2) is 0 Å². The quantitative estimate of drug-likeness (QED) is 0.318. The molecule has 0 bridgehead atoms. The molecule has 4 rings (SSSR count). The zero-order valence-electron chi connectivity index (χ0n) is 18.9. The standard InChI is InChI=1S/C26H21N5O2S2/c1-16-2-4-18(5-3-16)25-30-19(14-34-25)15-35-26-22(13-28)23(21(12-27)24(29)31-26)17-6-8-20(9-7-17)33-11-10-32/h2-9,14,32H,10-11,15H2,1H3,(H2,29,31). The van der Waals surface area contributed by atoms with Crippen LogP contribution in [0.4, 0.5) is 5.82 Å². The van der Waals surface area contributed by atoms with Crippen LogP contribution in [0.2, 0.25) is 0 Å². The third-order valence-corrected chi connectivity index (χ3v) is 7.07. The number of hydrogen-bond acceptors (Lipinski definition) is 9. The summed E-state index contributed by atoms with van der Waals surface area (Å²) in [7, 11) is 0. The first kappa shape index (κ1) is 24.2. The van der Waals surface area contributed by atoms with Gasteiger partial charge in [-0.3, -0.25) is 0 Å². The predicted molar refractivity (Wildman–Crippen MR) is 138 cm³/mol. The lowest BCUT2D eigenvalue weighted by Gasteiger charge is -2.13. The number of nitrogens with two attached hydrogens (primary N) is 1. The average Bonchev–Trinajstić information content (AvgIpc) is 3.35. The van der Waals surface area contributed by atoms with Crippen LogP contribution in [0.3, 0.4) is 0 Å². The number of thiazole rings is 1. The summed E-state index contributed by atoms with van der Waals surface area (Å²) < 4.78 is 5.41. The summed E-state index contributed by atoms with van der Waals surface area (Å²) in [6.07, 6.45) is 0. The third kappa shape index (κ3) is 5.44. The van der Waals surface area contributed by atoms with Crippen LogP contribution < -0.4 is 10.5 Å². The van der Waals surface area contributed by atoms with Crippen LogP contribution in [0.15, 0.2) is 58.9 Å². The second-order valence-electron chi connectivity index (χ2n) is 7.55. The van der Waals surface area contributed by atoms with Crippen molar-refractivity contribution in [2.75, 3.05) is 18.9 Å². The second-order valence-corrected chi connectivity index (χ2v) is 9.37. The van der Waals surface area contributed by atoms with E-state index in [1.54, 1.807) is 35.6 Å². The van der Waals surface area contributed by atoms with Gasteiger partial charge in [-0.1, -0.05) is 53.7 Å². The maximum Gasteiger partial charge on any atom is 0.143 e. The van der Waals surface area contributed by atoms with E-state index < -0.39 is 0 Å². The van der Waals surface area contributed by atoms with Gasteiger partial charge in [-0.2, -0.15) is 10.5 Å². The Balaban J connectivity index is 1.63. The molecule has 0 aliphatic carbocycles. The average molecular weight is 500 g/mol. The lowest BCUT2D eigenvalue weighted by atomic mass is 9.97. The van der Waals surface area contributed by atoms with Crippen LogP contribution in [0.25, 0.3) is 21.7 Å². The molecule has 0 unspecified atom stereocenters. The molecule has 0 radical (unpaired) electrons. The number of nitrogen functional groups attached to an aromatic ring is 1. The molecule has 3 N–H and O–H groups in total. The van der Waals surface area contributed by atoms with Gasteiger partial charge in [-0.05, 0) is 24.6 Å². The number of aromatic nitrogens is 2. The van der Waals surface area contributed by atoms with E-state index >= 15 is 0 Å². The highest BCUT2D eigenvalue weighted by molar-refractivity contribution is 7.98. The number of hydrogen-bond donors (Lipinski definition) is 2. The molecule has 174 valence electrons. The summed E-state index contributed by atoms with van der Waals surface area (Å²) >= 11 is 2.93. The first-order valence-electron chi connectivity index (χ1n) is 10.7. The Morgan fingerprint density at radius 2 is 1.69 bits per heavy atom. The number of nitriles is 2. The van der Waals surface area contributed by atoms with Gasteiger partial charge in [0, 0.05) is 22.3 Å². The Morgan fingerprint density at radius 3 is 2.34 bits per heavy atom. The highest BCUT2D eigenvalue weighted by Crippen LogP contribution is 2.37. The number of aliphatic hydroxyl groups excluding tert-OH is 1. The molecule has 0 atom stereocenters. The van der Waals surface area contributed by atoms with Crippen molar-refractivity contribution in [1.29, 1.82) is 10.5 Å².